The van der Waals surface area contributed by atoms with Crippen LogP contribution < -0.4 is 5.69 Å². The number of nitrogens with zero attached hydrogens (tertiary/aromatic N) is 3. The van der Waals surface area contributed by atoms with Crippen molar-refractivity contribution in [3.63, 3.8) is 0 Å². The van der Waals surface area contributed by atoms with Gasteiger partial charge in [0.15, 0.2) is 0 Å². The lowest BCUT2D eigenvalue weighted by Crippen LogP contribution is -2.11. The van der Waals surface area contributed by atoms with E-state index in [1.54, 1.807) is 24.0 Å². The van der Waals surface area contributed by atoms with Gasteiger partial charge in [-0.25, -0.2) is 9.78 Å². The lowest BCUT2D eigenvalue weighted by molar-refractivity contribution is 0.892. The molecule has 4 aromatic rings. The minimum Gasteiger partial charge on any atom is -0.338 e. The molecule has 0 amide bonds. The molecule has 0 radical (unpaired) electrons. The first-order valence-electron chi connectivity index (χ1n) is 6.21. The number of hydrogen-bond donors (Lipinski definition) is 2. The zero-order valence-electron chi connectivity index (χ0n) is 10.7. The maximum absolute atomic E-state index is 11.6. The Bertz CT molecular complexity index is 977. The summed E-state index contributed by atoms with van der Waals surface area (Å²) in [4.78, 5) is 26.3. The minimum absolute atomic E-state index is 0.125. The Labute approximate surface area is 113 Å². The van der Waals surface area contributed by atoms with Crippen LogP contribution in [0.1, 0.15) is 0 Å². The van der Waals surface area contributed by atoms with Crippen LogP contribution in [-0.2, 0) is 7.05 Å². The number of H-pyrrole nitrogens is 2. The van der Waals surface area contributed by atoms with Crippen molar-refractivity contribution in [3.8, 4) is 11.4 Å². The Morgan fingerprint density at radius 1 is 1.20 bits per heavy atom. The number of rotatable bonds is 1. The number of aromatic amines is 2. The van der Waals surface area contributed by atoms with E-state index in [-0.39, 0.29) is 5.69 Å². The van der Waals surface area contributed by atoms with Crippen LogP contribution in [0.15, 0.2) is 41.5 Å². The predicted molar refractivity (Wildman–Crippen MR) is 76.4 cm³/mol. The van der Waals surface area contributed by atoms with Gasteiger partial charge in [-0.15, -0.1) is 0 Å². The van der Waals surface area contributed by atoms with Gasteiger partial charge in [-0.1, -0.05) is 0 Å². The maximum atomic E-state index is 11.6. The molecule has 0 atom stereocenters. The summed E-state index contributed by atoms with van der Waals surface area (Å²) >= 11 is 0. The lowest BCUT2D eigenvalue weighted by Gasteiger charge is -1.92. The number of aryl methyl sites for hydroxylation is 1. The summed E-state index contributed by atoms with van der Waals surface area (Å²) in [7, 11) is 1.74. The molecule has 0 aliphatic rings. The number of nitrogens with one attached hydrogen (secondary N) is 2. The monoisotopic (exact) mass is 265 g/mol. The van der Waals surface area contributed by atoms with Crippen LogP contribution in [0.4, 0.5) is 0 Å². The second kappa shape index (κ2) is 3.80. The van der Waals surface area contributed by atoms with Gasteiger partial charge in [0.2, 0.25) is 0 Å². The molecular weight excluding hydrogens is 254 g/mol. The zero-order valence-corrected chi connectivity index (χ0v) is 10.7. The molecule has 20 heavy (non-hydrogen) atoms. The van der Waals surface area contributed by atoms with E-state index in [9.17, 15) is 4.79 Å². The van der Waals surface area contributed by atoms with Crippen molar-refractivity contribution in [2.24, 2.45) is 7.05 Å². The normalized spacial score (nSPS) is 11.4. The Morgan fingerprint density at radius 2 is 2.10 bits per heavy atom. The second-order valence-electron chi connectivity index (χ2n) is 4.70. The SMILES string of the molecule is Cn1c(=O)[nH]c2cc3[nH]c(-c4cccnc4)nc3cc21. The number of benzene rings is 1. The van der Waals surface area contributed by atoms with Gasteiger partial charge in [0.25, 0.3) is 0 Å². The van der Waals surface area contributed by atoms with Crippen molar-refractivity contribution in [2.75, 3.05) is 0 Å². The highest BCUT2D eigenvalue weighted by molar-refractivity contribution is 5.92. The first-order valence-corrected chi connectivity index (χ1v) is 6.21. The zero-order chi connectivity index (χ0) is 13.7. The van der Waals surface area contributed by atoms with E-state index in [1.165, 1.54) is 0 Å². The number of fused-ring (bicyclic) bond motifs is 2. The summed E-state index contributed by atoms with van der Waals surface area (Å²) in [6.45, 7) is 0. The highest BCUT2D eigenvalue weighted by Gasteiger charge is 2.09. The van der Waals surface area contributed by atoms with Gasteiger partial charge in [-0.05, 0) is 24.3 Å². The summed E-state index contributed by atoms with van der Waals surface area (Å²) in [5.74, 6) is 0.769. The molecule has 2 N–H and O–H groups in total. The van der Waals surface area contributed by atoms with E-state index in [4.69, 9.17) is 0 Å². The van der Waals surface area contributed by atoms with Crippen LogP contribution >= 0.6 is 0 Å². The van der Waals surface area contributed by atoms with E-state index in [1.807, 2.05) is 24.3 Å². The third kappa shape index (κ3) is 1.48. The van der Waals surface area contributed by atoms with Crippen molar-refractivity contribution in [2.45, 2.75) is 0 Å². The van der Waals surface area contributed by atoms with Gasteiger partial charge in [-0.2, -0.15) is 0 Å². The van der Waals surface area contributed by atoms with Crippen LogP contribution in [0.3, 0.4) is 0 Å². The first kappa shape index (κ1) is 11.0. The van der Waals surface area contributed by atoms with Crippen LogP contribution in [0.5, 0.6) is 0 Å². The summed E-state index contributed by atoms with van der Waals surface area (Å²) < 4.78 is 1.58. The van der Waals surface area contributed by atoms with E-state index >= 15 is 0 Å². The van der Waals surface area contributed by atoms with Gasteiger partial charge >= 0.3 is 5.69 Å². The molecule has 6 heteroatoms. The molecule has 4 rings (SSSR count). The highest BCUT2D eigenvalue weighted by atomic mass is 16.1. The molecule has 1 aromatic carbocycles. The Hall–Kier alpha value is -2.89. The van der Waals surface area contributed by atoms with Crippen LogP contribution in [-0.4, -0.2) is 24.5 Å². The standard InChI is InChI=1S/C14H11N5O/c1-19-12-6-10-9(5-11(12)18-14(19)20)16-13(17-10)8-3-2-4-15-7-8/h2-7H,1H3,(H,16,17)(H,18,20). The molecular formula is C14H11N5O. The molecule has 0 bridgehead atoms. The third-order valence-electron chi connectivity index (χ3n) is 3.44. The smallest absolute Gasteiger partial charge is 0.326 e. The molecule has 0 saturated heterocycles. The van der Waals surface area contributed by atoms with E-state index in [0.717, 1.165) is 33.5 Å². The Morgan fingerprint density at radius 3 is 2.90 bits per heavy atom. The molecule has 0 spiro atoms. The second-order valence-corrected chi connectivity index (χ2v) is 4.70. The molecule has 0 fully saturated rings. The van der Waals surface area contributed by atoms with Crippen molar-refractivity contribution in [1.29, 1.82) is 0 Å². The fourth-order valence-corrected chi connectivity index (χ4v) is 2.37. The summed E-state index contributed by atoms with van der Waals surface area (Å²) in [6, 6.07) is 7.63. The van der Waals surface area contributed by atoms with Crippen LogP contribution in [0.2, 0.25) is 0 Å². The summed E-state index contributed by atoms with van der Waals surface area (Å²) in [5.41, 5.74) is 4.16. The third-order valence-corrected chi connectivity index (χ3v) is 3.44. The van der Waals surface area contributed by atoms with E-state index in [2.05, 4.69) is 19.9 Å². The molecule has 0 saturated carbocycles. The quantitative estimate of drug-likeness (QED) is 0.551. The molecule has 3 aromatic heterocycles. The first-order chi connectivity index (χ1) is 9.72. The maximum Gasteiger partial charge on any atom is 0.326 e. The molecule has 0 aliphatic heterocycles. The average molecular weight is 265 g/mol. The molecule has 98 valence electrons. The van der Waals surface area contributed by atoms with Crippen molar-refractivity contribution >= 4 is 22.1 Å². The molecule has 0 aliphatic carbocycles. The lowest BCUT2D eigenvalue weighted by atomic mass is 10.3. The highest BCUT2D eigenvalue weighted by Crippen LogP contribution is 2.23. The Kier molecular flexibility index (Phi) is 2.09. The van der Waals surface area contributed by atoms with Gasteiger partial charge in [0.1, 0.15) is 5.82 Å². The molecule has 3 heterocycles. The summed E-state index contributed by atoms with van der Waals surface area (Å²) in [5, 5.41) is 0. The van der Waals surface area contributed by atoms with Gasteiger partial charge in [0, 0.05) is 25.0 Å². The predicted octanol–water partition coefficient (Wildman–Crippen LogP) is 1.80. The van der Waals surface area contributed by atoms with Crippen LogP contribution in [0.25, 0.3) is 33.5 Å². The largest absolute Gasteiger partial charge is 0.338 e. The van der Waals surface area contributed by atoms with Crippen LogP contribution in [0, 0.1) is 0 Å². The number of imidazole rings is 2. The van der Waals surface area contributed by atoms with E-state index in [0.29, 0.717) is 0 Å². The van der Waals surface area contributed by atoms with Crippen molar-refractivity contribution in [3.05, 3.63) is 47.1 Å². The van der Waals surface area contributed by atoms with Gasteiger partial charge in [0.05, 0.1) is 22.1 Å². The molecule has 6 nitrogen and oxygen atoms in total. The fraction of sp³-hybridized carbons (Fsp3) is 0.0714. The average Bonchev–Trinajstić information content (AvgIpc) is 3.00. The number of hydrogen-bond acceptors (Lipinski definition) is 3. The van der Waals surface area contributed by atoms with Gasteiger partial charge in [-0.3, -0.25) is 9.55 Å². The minimum atomic E-state index is -0.125. The fourth-order valence-electron chi connectivity index (χ4n) is 2.37. The summed E-state index contributed by atoms with van der Waals surface area (Å²) in [6.07, 6.45) is 3.49. The van der Waals surface area contributed by atoms with E-state index < -0.39 is 0 Å². The van der Waals surface area contributed by atoms with Crippen molar-refractivity contribution in [1.82, 2.24) is 24.5 Å². The van der Waals surface area contributed by atoms with Crippen molar-refractivity contribution < 1.29 is 0 Å². The number of pyridine rings is 1. The van der Waals surface area contributed by atoms with Gasteiger partial charge < -0.3 is 9.97 Å². The topological polar surface area (TPSA) is 79.4 Å². The Balaban J connectivity index is 2.00. The number of aromatic nitrogens is 5. The molecule has 0 unspecified atom stereocenters.